The van der Waals surface area contributed by atoms with Crippen LogP contribution in [-0.4, -0.2) is 48.2 Å². The normalized spacial score (nSPS) is 21.1. The largest absolute Gasteiger partial charge is 0.478 e. The molecule has 1 aliphatic rings. The van der Waals surface area contributed by atoms with Crippen molar-refractivity contribution in [3.05, 3.63) is 12.2 Å². The zero-order valence-corrected chi connectivity index (χ0v) is 8.68. The van der Waals surface area contributed by atoms with E-state index in [0.717, 1.165) is 25.0 Å². The number of ether oxygens (including phenoxy) is 1. The molecule has 0 aliphatic carbocycles. The van der Waals surface area contributed by atoms with Crippen molar-refractivity contribution < 1.29 is 19.4 Å². The van der Waals surface area contributed by atoms with Gasteiger partial charge in [0.25, 0.3) is 0 Å². The first-order chi connectivity index (χ1) is 7.15. The molecule has 0 spiro atoms. The summed E-state index contributed by atoms with van der Waals surface area (Å²) in [7, 11) is 1.59. The summed E-state index contributed by atoms with van der Waals surface area (Å²) in [6.07, 6.45) is 3.82. The number of nitrogens with zero attached hydrogens (tertiary/aromatic N) is 1. The molecule has 1 saturated heterocycles. The fourth-order valence-corrected chi connectivity index (χ4v) is 1.73. The van der Waals surface area contributed by atoms with E-state index in [1.807, 2.05) is 0 Å². The molecule has 1 amide bonds. The van der Waals surface area contributed by atoms with Crippen molar-refractivity contribution in [2.75, 3.05) is 20.3 Å². The van der Waals surface area contributed by atoms with Crippen LogP contribution in [0.1, 0.15) is 12.8 Å². The Morgan fingerprint density at radius 3 is 2.87 bits per heavy atom. The Bertz CT molecular complexity index is 275. The third kappa shape index (κ3) is 3.36. The minimum absolute atomic E-state index is 0.0842. The van der Waals surface area contributed by atoms with Crippen LogP contribution in [0.4, 0.5) is 0 Å². The molecule has 1 fully saturated rings. The van der Waals surface area contributed by atoms with Gasteiger partial charge in [0.2, 0.25) is 5.91 Å². The highest BCUT2D eigenvalue weighted by Gasteiger charge is 2.27. The molecule has 15 heavy (non-hydrogen) atoms. The van der Waals surface area contributed by atoms with Crippen molar-refractivity contribution >= 4 is 11.9 Å². The molecule has 0 aromatic rings. The number of hydrogen-bond acceptors (Lipinski definition) is 3. The molecule has 0 aromatic carbocycles. The minimum Gasteiger partial charge on any atom is -0.478 e. The molecule has 84 valence electrons. The highest BCUT2D eigenvalue weighted by molar-refractivity contribution is 5.94. The van der Waals surface area contributed by atoms with E-state index in [9.17, 15) is 9.59 Å². The molecule has 1 rings (SSSR count). The average Bonchev–Trinajstić information content (AvgIpc) is 2.63. The van der Waals surface area contributed by atoms with Crippen LogP contribution in [0.15, 0.2) is 12.2 Å². The molecular weight excluding hydrogens is 198 g/mol. The van der Waals surface area contributed by atoms with E-state index < -0.39 is 5.97 Å². The van der Waals surface area contributed by atoms with Crippen LogP contribution >= 0.6 is 0 Å². The first kappa shape index (κ1) is 11.7. The number of carbonyl (C=O) groups excluding carboxylic acids is 1. The smallest absolute Gasteiger partial charge is 0.328 e. The van der Waals surface area contributed by atoms with Gasteiger partial charge in [-0.15, -0.1) is 0 Å². The summed E-state index contributed by atoms with van der Waals surface area (Å²) in [5.41, 5.74) is 0. The van der Waals surface area contributed by atoms with Gasteiger partial charge in [0.15, 0.2) is 0 Å². The summed E-state index contributed by atoms with van der Waals surface area (Å²) >= 11 is 0. The maximum absolute atomic E-state index is 11.6. The molecule has 0 aromatic heterocycles. The summed E-state index contributed by atoms with van der Waals surface area (Å²) in [4.78, 5) is 23.5. The zero-order chi connectivity index (χ0) is 11.3. The predicted octanol–water partition coefficient (Wildman–Crippen LogP) is 0.265. The van der Waals surface area contributed by atoms with E-state index in [-0.39, 0.29) is 11.9 Å². The topological polar surface area (TPSA) is 66.8 Å². The third-order valence-electron chi connectivity index (χ3n) is 2.39. The quantitative estimate of drug-likeness (QED) is 0.680. The van der Waals surface area contributed by atoms with E-state index in [2.05, 4.69) is 0 Å². The number of amides is 1. The standard InChI is InChI=1S/C10H15NO4/c1-15-7-8-3-2-6-11(8)9(12)4-5-10(13)14/h4-5,8H,2-3,6-7H2,1H3,(H,13,14)/b5-4+/t8-/m0/s1. The van der Waals surface area contributed by atoms with Crippen LogP contribution in [0.5, 0.6) is 0 Å². The first-order valence-electron chi connectivity index (χ1n) is 4.85. The Hall–Kier alpha value is -1.36. The molecule has 5 nitrogen and oxygen atoms in total. The molecule has 0 unspecified atom stereocenters. The lowest BCUT2D eigenvalue weighted by atomic mass is 10.2. The van der Waals surface area contributed by atoms with E-state index in [1.165, 1.54) is 0 Å². The predicted molar refractivity (Wildman–Crippen MR) is 53.4 cm³/mol. The van der Waals surface area contributed by atoms with E-state index in [1.54, 1.807) is 12.0 Å². The van der Waals surface area contributed by atoms with Gasteiger partial charge >= 0.3 is 5.97 Å². The highest BCUT2D eigenvalue weighted by Crippen LogP contribution is 2.17. The van der Waals surface area contributed by atoms with Crippen LogP contribution in [0.3, 0.4) is 0 Å². The lowest BCUT2D eigenvalue weighted by Gasteiger charge is -2.22. The van der Waals surface area contributed by atoms with Gasteiger partial charge in [-0.25, -0.2) is 4.79 Å². The van der Waals surface area contributed by atoms with Crippen molar-refractivity contribution in [3.63, 3.8) is 0 Å². The summed E-state index contributed by atoms with van der Waals surface area (Å²) in [6.45, 7) is 1.18. The Morgan fingerprint density at radius 1 is 1.53 bits per heavy atom. The highest BCUT2D eigenvalue weighted by atomic mass is 16.5. The van der Waals surface area contributed by atoms with Gasteiger partial charge in [-0.3, -0.25) is 4.79 Å². The minimum atomic E-state index is -1.11. The van der Waals surface area contributed by atoms with Crippen molar-refractivity contribution in [1.29, 1.82) is 0 Å². The van der Waals surface area contributed by atoms with Gasteiger partial charge < -0.3 is 14.7 Å². The van der Waals surface area contributed by atoms with Crippen molar-refractivity contribution in [1.82, 2.24) is 4.90 Å². The maximum atomic E-state index is 11.6. The lowest BCUT2D eigenvalue weighted by molar-refractivity contribution is -0.132. The van der Waals surface area contributed by atoms with Gasteiger partial charge in [0, 0.05) is 25.8 Å². The lowest BCUT2D eigenvalue weighted by Crippen LogP contribution is -2.37. The van der Waals surface area contributed by atoms with Crippen LogP contribution in [-0.2, 0) is 14.3 Å². The summed E-state index contributed by atoms with van der Waals surface area (Å²) in [5.74, 6) is -1.36. The Balaban J connectivity index is 2.54. The van der Waals surface area contributed by atoms with Crippen LogP contribution in [0.2, 0.25) is 0 Å². The number of carboxylic acids is 1. The monoisotopic (exact) mass is 213 g/mol. The molecule has 0 saturated carbocycles. The van der Waals surface area contributed by atoms with Crippen molar-refractivity contribution in [2.45, 2.75) is 18.9 Å². The molecule has 1 N–H and O–H groups in total. The molecular formula is C10H15NO4. The number of methoxy groups -OCH3 is 1. The van der Waals surface area contributed by atoms with Crippen molar-refractivity contribution in [2.24, 2.45) is 0 Å². The number of carbonyl (C=O) groups is 2. The summed E-state index contributed by atoms with van der Waals surface area (Å²) in [6, 6.07) is 0.0842. The molecule has 1 heterocycles. The van der Waals surface area contributed by atoms with Gasteiger partial charge in [-0.1, -0.05) is 0 Å². The molecule has 0 bridgehead atoms. The van der Waals surface area contributed by atoms with Gasteiger partial charge in [-0.05, 0) is 12.8 Å². The van der Waals surface area contributed by atoms with Crippen LogP contribution in [0.25, 0.3) is 0 Å². The number of likely N-dealkylation sites (tertiary alicyclic amines) is 1. The Kier molecular flexibility index (Phi) is 4.30. The van der Waals surface area contributed by atoms with Crippen LogP contribution in [0, 0.1) is 0 Å². The van der Waals surface area contributed by atoms with E-state index in [4.69, 9.17) is 9.84 Å². The van der Waals surface area contributed by atoms with Crippen molar-refractivity contribution in [3.8, 4) is 0 Å². The van der Waals surface area contributed by atoms with Gasteiger partial charge in [0.05, 0.1) is 12.6 Å². The number of rotatable bonds is 4. The second-order valence-corrected chi connectivity index (χ2v) is 3.45. The van der Waals surface area contributed by atoms with E-state index >= 15 is 0 Å². The Morgan fingerprint density at radius 2 is 2.27 bits per heavy atom. The zero-order valence-electron chi connectivity index (χ0n) is 8.68. The van der Waals surface area contributed by atoms with Crippen LogP contribution < -0.4 is 0 Å². The van der Waals surface area contributed by atoms with E-state index in [0.29, 0.717) is 13.2 Å². The summed E-state index contributed by atoms with van der Waals surface area (Å²) in [5, 5.41) is 8.39. The fraction of sp³-hybridized carbons (Fsp3) is 0.600. The van der Waals surface area contributed by atoms with Gasteiger partial charge in [-0.2, -0.15) is 0 Å². The molecule has 5 heteroatoms. The second kappa shape index (κ2) is 5.50. The molecule has 0 radical (unpaired) electrons. The third-order valence-corrected chi connectivity index (χ3v) is 2.39. The fourth-order valence-electron chi connectivity index (χ4n) is 1.73. The maximum Gasteiger partial charge on any atom is 0.328 e. The first-order valence-corrected chi connectivity index (χ1v) is 4.85. The summed E-state index contributed by atoms with van der Waals surface area (Å²) < 4.78 is 5.00. The number of carboxylic acid groups (broad SMARTS) is 1. The Labute approximate surface area is 88.3 Å². The molecule has 1 aliphatic heterocycles. The SMILES string of the molecule is COC[C@@H]1CCCN1C(=O)/C=C/C(=O)O. The van der Waals surface area contributed by atoms with Gasteiger partial charge in [0.1, 0.15) is 0 Å². The average molecular weight is 213 g/mol. The number of hydrogen-bond donors (Lipinski definition) is 1. The second-order valence-electron chi connectivity index (χ2n) is 3.45. The molecule has 1 atom stereocenters. The number of aliphatic carboxylic acids is 1.